The maximum atomic E-state index is 4.67. The van der Waals surface area contributed by atoms with Crippen LogP contribution < -0.4 is 5.32 Å². The second kappa shape index (κ2) is 4.78. The van der Waals surface area contributed by atoms with Crippen molar-refractivity contribution < 1.29 is 0 Å². The van der Waals surface area contributed by atoms with E-state index in [1.54, 1.807) is 0 Å². The largest absolute Gasteiger partial charge is 0.307 e. The van der Waals surface area contributed by atoms with Crippen LogP contribution in [-0.4, -0.2) is 21.7 Å². The SMILES string of the molecule is CC1(C)CCCNC1c1nc(-c2ccccc2)n[nH]1. The van der Waals surface area contributed by atoms with Crippen LogP contribution in [0.25, 0.3) is 11.4 Å². The van der Waals surface area contributed by atoms with Crippen LogP contribution in [0.3, 0.4) is 0 Å². The molecule has 4 heteroatoms. The third kappa shape index (κ3) is 2.40. The number of hydrogen-bond acceptors (Lipinski definition) is 3. The average Bonchev–Trinajstić information content (AvgIpc) is 2.88. The number of piperidine rings is 1. The molecular weight excluding hydrogens is 236 g/mol. The summed E-state index contributed by atoms with van der Waals surface area (Å²) in [4.78, 5) is 4.67. The summed E-state index contributed by atoms with van der Waals surface area (Å²) in [6.07, 6.45) is 2.44. The first-order chi connectivity index (χ1) is 9.17. The van der Waals surface area contributed by atoms with E-state index in [0.29, 0.717) is 0 Å². The van der Waals surface area contributed by atoms with E-state index in [4.69, 9.17) is 0 Å². The minimum Gasteiger partial charge on any atom is -0.307 e. The summed E-state index contributed by atoms with van der Waals surface area (Å²) in [5, 5.41) is 11.0. The Kier molecular flexibility index (Phi) is 3.11. The van der Waals surface area contributed by atoms with E-state index in [-0.39, 0.29) is 11.5 Å². The Hall–Kier alpha value is -1.68. The van der Waals surface area contributed by atoms with Gasteiger partial charge in [-0.1, -0.05) is 44.2 Å². The zero-order valence-electron chi connectivity index (χ0n) is 11.5. The predicted molar refractivity (Wildman–Crippen MR) is 75.6 cm³/mol. The lowest BCUT2D eigenvalue weighted by Gasteiger charge is -2.37. The molecule has 1 fully saturated rings. The van der Waals surface area contributed by atoms with E-state index in [1.807, 2.05) is 30.3 Å². The number of aromatic nitrogens is 3. The summed E-state index contributed by atoms with van der Waals surface area (Å²) in [6.45, 7) is 5.62. The van der Waals surface area contributed by atoms with Crippen LogP contribution in [0.4, 0.5) is 0 Å². The molecule has 2 heterocycles. The standard InChI is InChI=1S/C15H20N4/c1-15(2)9-6-10-16-12(15)14-17-13(18-19-14)11-7-4-3-5-8-11/h3-5,7-8,12,16H,6,9-10H2,1-2H3,(H,17,18,19). The van der Waals surface area contributed by atoms with E-state index in [0.717, 1.165) is 23.8 Å². The average molecular weight is 256 g/mol. The molecule has 2 aromatic rings. The van der Waals surface area contributed by atoms with Crippen molar-refractivity contribution >= 4 is 0 Å². The van der Waals surface area contributed by atoms with Crippen molar-refractivity contribution in [1.29, 1.82) is 0 Å². The molecule has 4 nitrogen and oxygen atoms in total. The fraction of sp³-hybridized carbons (Fsp3) is 0.467. The molecule has 0 saturated carbocycles. The molecule has 1 atom stereocenters. The molecule has 0 radical (unpaired) electrons. The van der Waals surface area contributed by atoms with Gasteiger partial charge in [-0.2, -0.15) is 5.10 Å². The minimum atomic E-state index is 0.214. The third-order valence-corrected chi connectivity index (χ3v) is 3.94. The number of nitrogens with zero attached hydrogens (tertiary/aromatic N) is 2. The number of benzene rings is 1. The van der Waals surface area contributed by atoms with Gasteiger partial charge >= 0.3 is 0 Å². The maximum absolute atomic E-state index is 4.67. The number of nitrogens with one attached hydrogen (secondary N) is 2. The van der Waals surface area contributed by atoms with Crippen molar-refractivity contribution in [1.82, 2.24) is 20.5 Å². The normalized spacial score (nSPS) is 22.3. The summed E-state index contributed by atoms with van der Waals surface area (Å²) in [6, 6.07) is 10.3. The highest BCUT2D eigenvalue weighted by molar-refractivity contribution is 5.53. The molecule has 3 rings (SSSR count). The summed E-state index contributed by atoms with van der Waals surface area (Å²) < 4.78 is 0. The van der Waals surface area contributed by atoms with Gasteiger partial charge in [-0.3, -0.25) is 5.10 Å². The van der Waals surface area contributed by atoms with Gasteiger partial charge in [0.05, 0.1) is 6.04 Å². The van der Waals surface area contributed by atoms with Gasteiger partial charge in [0, 0.05) is 5.56 Å². The Morgan fingerprint density at radius 3 is 2.74 bits per heavy atom. The van der Waals surface area contributed by atoms with E-state index in [1.165, 1.54) is 12.8 Å². The molecule has 1 aromatic carbocycles. The minimum absolute atomic E-state index is 0.214. The molecule has 19 heavy (non-hydrogen) atoms. The molecule has 2 N–H and O–H groups in total. The van der Waals surface area contributed by atoms with Gasteiger partial charge in [0.2, 0.25) is 0 Å². The van der Waals surface area contributed by atoms with Crippen LogP contribution in [0.1, 0.15) is 38.6 Å². The molecule has 1 aromatic heterocycles. The van der Waals surface area contributed by atoms with Gasteiger partial charge < -0.3 is 5.32 Å². The van der Waals surface area contributed by atoms with Gasteiger partial charge in [-0.15, -0.1) is 0 Å². The lowest BCUT2D eigenvalue weighted by Crippen LogP contribution is -2.40. The highest BCUT2D eigenvalue weighted by Crippen LogP contribution is 2.38. The van der Waals surface area contributed by atoms with Gasteiger partial charge in [-0.05, 0) is 24.8 Å². The van der Waals surface area contributed by atoms with Crippen molar-refractivity contribution in [3.63, 3.8) is 0 Å². The lowest BCUT2D eigenvalue weighted by atomic mass is 9.77. The number of H-pyrrole nitrogens is 1. The molecular formula is C15H20N4. The van der Waals surface area contributed by atoms with E-state index in [2.05, 4.69) is 34.3 Å². The first-order valence-electron chi connectivity index (χ1n) is 6.88. The number of rotatable bonds is 2. The first kappa shape index (κ1) is 12.4. The molecule has 1 unspecified atom stereocenters. The molecule has 0 spiro atoms. The van der Waals surface area contributed by atoms with Crippen molar-refractivity contribution in [3.8, 4) is 11.4 Å². The number of hydrogen-bond donors (Lipinski definition) is 2. The lowest BCUT2D eigenvalue weighted by molar-refractivity contribution is 0.174. The van der Waals surface area contributed by atoms with Crippen molar-refractivity contribution in [2.45, 2.75) is 32.7 Å². The van der Waals surface area contributed by atoms with Crippen LogP contribution in [-0.2, 0) is 0 Å². The maximum Gasteiger partial charge on any atom is 0.181 e. The first-order valence-corrected chi connectivity index (χ1v) is 6.88. The fourth-order valence-electron chi connectivity index (χ4n) is 2.80. The van der Waals surface area contributed by atoms with Crippen LogP contribution in [0, 0.1) is 5.41 Å². The second-order valence-corrected chi connectivity index (χ2v) is 5.89. The van der Waals surface area contributed by atoms with E-state index in [9.17, 15) is 0 Å². The Bertz CT molecular complexity index is 544. The van der Waals surface area contributed by atoms with Crippen molar-refractivity contribution in [2.24, 2.45) is 5.41 Å². The number of aromatic amines is 1. The topological polar surface area (TPSA) is 53.6 Å². The molecule has 1 aliphatic heterocycles. The molecule has 1 aliphatic rings. The van der Waals surface area contributed by atoms with Gasteiger partial charge in [0.25, 0.3) is 0 Å². The third-order valence-electron chi connectivity index (χ3n) is 3.94. The molecule has 0 amide bonds. The van der Waals surface area contributed by atoms with Crippen LogP contribution >= 0.6 is 0 Å². The second-order valence-electron chi connectivity index (χ2n) is 5.89. The summed E-state index contributed by atoms with van der Waals surface area (Å²) >= 11 is 0. The quantitative estimate of drug-likeness (QED) is 0.868. The smallest absolute Gasteiger partial charge is 0.181 e. The Balaban J connectivity index is 1.89. The molecule has 1 saturated heterocycles. The molecule has 0 aliphatic carbocycles. The van der Waals surface area contributed by atoms with Crippen molar-refractivity contribution in [2.75, 3.05) is 6.54 Å². The highest BCUT2D eigenvalue weighted by atomic mass is 15.2. The van der Waals surface area contributed by atoms with Gasteiger partial charge in [-0.25, -0.2) is 4.98 Å². The Morgan fingerprint density at radius 2 is 2.00 bits per heavy atom. The van der Waals surface area contributed by atoms with Crippen LogP contribution in [0.2, 0.25) is 0 Å². The van der Waals surface area contributed by atoms with Crippen LogP contribution in [0.15, 0.2) is 30.3 Å². The predicted octanol–water partition coefficient (Wildman–Crippen LogP) is 2.92. The fourth-order valence-corrected chi connectivity index (χ4v) is 2.80. The van der Waals surface area contributed by atoms with Crippen LogP contribution in [0.5, 0.6) is 0 Å². The van der Waals surface area contributed by atoms with Gasteiger partial charge in [0.1, 0.15) is 5.82 Å². The molecule has 0 bridgehead atoms. The van der Waals surface area contributed by atoms with E-state index < -0.39 is 0 Å². The van der Waals surface area contributed by atoms with Crippen molar-refractivity contribution in [3.05, 3.63) is 36.2 Å². The zero-order chi connectivity index (χ0) is 13.3. The Labute approximate surface area is 113 Å². The summed E-state index contributed by atoms with van der Waals surface area (Å²) in [7, 11) is 0. The summed E-state index contributed by atoms with van der Waals surface area (Å²) in [5.41, 5.74) is 1.27. The van der Waals surface area contributed by atoms with E-state index >= 15 is 0 Å². The van der Waals surface area contributed by atoms with Gasteiger partial charge in [0.15, 0.2) is 5.82 Å². The zero-order valence-corrected chi connectivity index (χ0v) is 11.5. The summed E-state index contributed by atoms with van der Waals surface area (Å²) in [5.74, 6) is 1.72. The molecule has 100 valence electrons. The monoisotopic (exact) mass is 256 g/mol. The Morgan fingerprint density at radius 1 is 1.21 bits per heavy atom. The highest BCUT2D eigenvalue weighted by Gasteiger charge is 2.35.